The van der Waals surface area contributed by atoms with Crippen LogP contribution in [0.2, 0.25) is 0 Å². The van der Waals surface area contributed by atoms with Crippen molar-refractivity contribution in [2.24, 2.45) is 0 Å². The normalized spacial score (nSPS) is 23.1. The number of amides is 1. The van der Waals surface area contributed by atoms with Crippen LogP contribution in [0.3, 0.4) is 0 Å². The van der Waals surface area contributed by atoms with E-state index in [1.54, 1.807) is 24.3 Å². The van der Waals surface area contributed by atoms with Gasteiger partial charge in [0, 0.05) is 43.7 Å². The van der Waals surface area contributed by atoms with Crippen molar-refractivity contribution in [1.29, 1.82) is 0 Å². The van der Waals surface area contributed by atoms with Gasteiger partial charge in [-0.05, 0) is 106 Å². The fourth-order valence-corrected chi connectivity index (χ4v) is 8.42. The molecule has 7 nitrogen and oxygen atoms in total. The Kier molecular flexibility index (Phi) is 7.75. The molecule has 0 aliphatic carbocycles. The first-order valence-electron chi connectivity index (χ1n) is 16.2. The van der Waals surface area contributed by atoms with Gasteiger partial charge in [0.05, 0.1) is 11.0 Å². The maximum Gasteiger partial charge on any atom is 0.308 e. The number of hydrogen-bond donors (Lipinski definition) is 0. The van der Waals surface area contributed by atoms with E-state index in [1.807, 2.05) is 4.90 Å². The maximum absolute atomic E-state index is 13.4. The number of aromatic nitrogens is 2. The number of esters is 1. The lowest BCUT2D eigenvalue weighted by Crippen LogP contribution is -2.49. The molecule has 4 aromatic rings. The van der Waals surface area contributed by atoms with E-state index in [9.17, 15) is 9.59 Å². The smallest absolute Gasteiger partial charge is 0.308 e. The fourth-order valence-electron chi connectivity index (χ4n) is 8.42. The number of fused-ring (bicyclic) bond motifs is 3. The van der Waals surface area contributed by atoms with E-state index in [0.717, 1.165) is 50.2 Å². The third-order valence-corrected chi connectivity index (χ3v) is 10.6. The highest BCUT2D eigenvalue weighted by atomic mass is 16.5. The van der Waals surface area contributed by atoms with Crippen LogP contribution >= 0.6 is 0 Å². The lowest BCUT2D eigenvalue weighted by molar-refractivity contribution is -0.131. The first-order valence-corrected chi connectivity index (χ1v) is 16.2. The number of aryl methyl sites for hydroxylation is 1. The Morgan fingerprint density at radius 2 is 1.52 bits per heavy atom. The molecule has 3 saturated heterocycles. The summed E-state index contributed by atoms with van der Waals surface area (Å²) in [4.78, 5) is 34.4. The number of imidazole rings is 1. The van der Waals surface area contributed by atoms with E-state index in [1.165, 1.54) is 43.7 Å². The third kappa shape index (κ3) is 5.43. The van der Waals surface area contributed by atoms with Crippen molar-refractivity contribution in [2.75, 3.05) is 19.6 Å². The number of benzene rings is 3. The van der Waals surface area contributed by atoms with E-state index in [4.69, 9.17) is 9.72 Å². The molecule has 44 heavy (non-hydrogen) atoms. The second kappa shape index (κ2) is 11.8. The highest BCUT2D eigenvalue weighted by Crippen LogP contribution is 2.45. The van der Waals surface area contributed by atoms with Crippen molar-refractivity contribution in [3.63, 3.8) is 0 Å². The summed E-state index contributed by atoms with van der Waals surface area (Å²) in [6.45, 7) is 6.12. The van der Waals surface area contributed by atoms with Crippen LogP contribution in [0.5, 0.6) is 5.75 Å². The lowest BCUT2D eigenvalue weighted by atomic mass is 9.70. The zero-order valence-electron chi connectivity index (χ0n) is 25.8. The van der Waals surface area contributed by atoms with Crippen LogP contribution in [-0.4, -0.2) is 62.9 Å². The minimum absolute atomic E-state index is 0.0449. The summed E-state index contributed by atoms with van der Waals surface area (Å²) < 4.78 is 7.66. The Morgan fingerprint density at radius 3 is 2.20 bits per heavy atom. The van der Waals surface area contributed by atoms with Crippen molar-refractivity contribution >= 4 is 22.9 Å². The summed E-state index contributed by atoms with van der Waals surface area (Å²) in [5, 5.41) is 0. The molecule has 3 aliphatic heterocycles. The number of carbonyl (C=O) groups excluding carboxylic acids is 2. The SMILES string of the molecule is CC(=O)Oc1ccc(C(=O)N2CCC(CCN3C4CCC3CC(n3c(C)nc5ccccc53)C4)(c3ccccc3)CC2)cc1. The number of nitrogens with zero attached hydrogens (tertiary/aromatic N) is 4. The molecule has 4 heterocycles. The van der Waals surface area contributed by atoms with Crippen LogP contribution in [0.4, 0.5) is 0 Å². The van der Waals surface area contributed by atoms with Crippen LogP contribution in [0, 0.1) is 6.92 Å². The zero-order valence-corrected chi connectivity index (χ0v) is 25.8. The molecule has 3 aromatic carbocycles. The molecule has 1 aromatic heterocycles. The van der Waals surface area contributed by atoms with E-state index < -0.39 is 0 Å². The number of para-hydroxylation sites is 2. The van der Waals surface area contributed by atoms with Crippen molar-refractivity contribution < 1.29 is 14.3 Å². The van der Waals surface area contributed by atoms with Crippen LogP contribution in [0.1, 0.15) is 79.7 Å². The number of carbonyl (C=O) groups is 2. The summed E-state index contributed by atoms with van der Waals surface area (Å²) >= 11 is 0. The van der Waals surface area contributed by atoms with Crippen LogP contribution < -0.4 is 4.74 Å². The van der Waals surface area contributed by atoms with E-state index in [0.29, 0.717) is 29.4 Å². The van der Waals surface area contributed by atoms with Gasteiger partial charge < -0.3 is 14.2 Å². The van der Waals surface area contributed by atoms with E-state index in [2.05, 4.69) is 71.0 Å². The number of likely N-dealkylation sites (tertiary alicyclic amines) is 1. The average Bonchev–Trinajstić information content (AvgIpc) is 3.50. The molecule has 3 aliphatic rings. The Labute approximate surface area is 259 Å². The van der Waals surface area contributed by atoms with Gasteiger partial charge in [0.2, 0.25) is 0 Å². The largest absolute Gasteiger partial charge is 0.427 e. The third-order valence-electron chi connectivity index (χ3n) is 10.6. The molecule has 2 atom stereocenters. The Morgan fingerprint density at radius 1 is 0.864 bits per heavy atom. The highest BCUT2D eigenvalue weighted by molar-refractivity contribution is 5.94. The predicted octanol–water partition coefficient (Wildman–Crippen LogP) is 6.70. The van der Waals surface area contributed by atoms with Gasteiger partial charge in [0.1, 0.15) is 11.6 Å². The number of piperidine rings is 2. The second-order valence-corrected chi connectivity index (χ2v) is 13.1. The molecule has 2 unspecified atom stereocenters. The predicted molar refractivity (Wildman–Crippen MR) is 172 cm³/mol. The van der Waals surface area contributed by atoms with Gasteiger partial charge in [0.25, 0.3) is 5.91 Å². The molecular weight excluding hydrogens is 548 g/mol. The number of ether oxygens (including phenoxy) is 1. The molecule has 2 bridgehead atoms. The van der Waals surface area contributed by atoms with Crippen molar-refractivity contribution in [2.45, 2.75) is 82.3 Å². The standard InChI is InChI=1S/C37H42N4O3/c1-26-38-34-10-6-7-11-35(34)41(26)32-24-30-14-15-31(25-32)40(30)23-20-37(29-8-4-3-5-9-29)18-21-39(22-19-37)36(43)28-12-16-33(17-13-28)44-27(2)42/h3-13,16-17,30-32H,14-15,18-25H2,1-2H3. The Bertz CT molecular complexity index is 1620. The van der Waals surface area contributed by atoms with Gasteiger partial charge >= 0.3 is 5.97 Å². The van der Waals surface area contributed by atoms with Gasteiger partial charge in [-0.25, -0.2) is 4.98 Å². The second-order valence-electron chi connectivity index (χ2n) is 13.1. The number of rotatable bonds is 7. The van der Waals surface area contributed by atoms with Gasteiger partial charge in [0.15, 0.2) is 0 Å². The van der Waals surface area contributed by atoms with E-state index >= 15 is 0 Å². The first kappa shape index (κ1) is 28.8. The number of hydrogen-bond acceptors (Lipinski definition) is 5. The Hall–Kier alpha value is -3.97. The van der Waals surface area contributed by atoms with E-state index in [-0.39, 0.29) is 17.3 Å². The van der Waals surface area contributed by atoms with Crippen molar-refractivity contribution in [3.05, 3.63) is 95.8 Å². The molecule has 0 spiro atoms. The fraction of sp³-hybridized carbons (Fsp3) is 0.432. The van der Waals surface area contributed by atoms with Gasteiger partial charge in [-0.15, -0.1) is 0 Å². The van der Waals surface area contributed by atoms with Gasteiger partial charge in [-0.1, -0.05) is 42.5 Å². The molecule has 0 radical (unpaired) electrons. The molecule has 228 valence electrons. The summed E-state index contributed by atoms with van der Waals surface area (Å²) in [6.07, 6.45) is 7.97. The molecule has 7 heteroatoms. The topological polar surface area (TPSA) is 67.7 Å². The quantitative estimate of drug-likeness (QED) is 0.177. The molecule has 3 fully saturated rings. The lowest BCUT2D eigenvalue weighted by Gasteiger charge is -2.45. The minimum atomic E-state index is -0.364. The van der Waals surface area contributed by atoms with Crippen LogP contribution in [-0.2, 0) is 10.2 Å². The maximum atomic E-state index is 13.4. The minimum Gasteiger partial charge on any atom is -0.427 e. The van der Waals surface area contributed by atoms with Gasteiger partial charge in [-0.3, -0.25) is 14.5 Å². The summed E-state index contributed by atoms with van der Waals surface area (Å²) in [6, 6.07) is 28.2. The molecule has 7 rings (SSSR count). The van der Waals surface area contributed by atoms with Crippen molar-refractivity contribution in [1.82, 2.24) is 19.4 Å². The summed E-state index contributed by atoms with van der Waals surface area (Å²) in [5.41, 5.74) is 4.47. The van der Waals surface area contributed by atoms with Crippen LogP contribution in [0.25, 0.3) is 11.0 Å². The van der Waals surface area contributed by atoms with Crippen LogP contribution in [0.15, 0.2) is 78.9 Å². The molecule has 0 saturated carbocycles. The van der Waals surface area contributed by atoms with Crippen molar-refractivity contribution in [3.8, 4) is 5.75 Å². The Balaban J connectivity index is 1.04. The monoisotopic (exact) mass is 590 g/mol. The molecular formula is C37H42N4O3. The zero-order chi connectivity index (χ0) is 30.3. The highest BCUT2D eigenvalue weighted by Gasteiger charge is 2.44. The molecule has 1 amide bonds. The average molecular weight is 591 g/mol. The molecule has 0 N–H and O–H groups in total. The first-order chi connectivity index (χ1) is 21.4. The van der Waals surface area contributed by atoms with Gasteiger partial charge in [-0.2, -0.15) is 0 Å². The summed E-state index contributed by atoms with van der Waals surface area (Å²) in [7, 11) is 0. The summed E-state index contributed by atoms with van der Waals surface area (Å²) in [5.74, 6) is 1.27.